The number of hydrazine groups is 1. The van der Waals surface area contributed by atoms with Gasteiger partial charge in [-0.2, -0.15) is 0 Å². The van der Waals surface area contributed by atoms with Crippen molar-refractivity contribution in [1.82, 2.24) is 10.9 Å². The molecule has 2 atom stereocenters. The second kappa shape index (κ2) is 8.38. The van der Waals surface area contributed by atoms with Crippen molar-refractivity contribution in [2.24, 2.45) is 0 Å². The molecule has 5 nitrogen and oxygen atoms in total. The summed E-state index contributed by atoms with van der Waals surface area (Å²) >= 11 is 1.68. The lowest BCUT2D eigenvalue weighted by Gasteiger charge is -2.11. The van der Waals surface area contributed by atoms with Crippen LogP contribution in [0.3, 0.4) is 0 Å². The zero-order valence-corrected chi connectivity index (χ0v) is 15.2. The molecule has 132 valence electrons. The minimum absolute atomic E-state index is 0.0298. The summed E-state index contributed by atoms with van der Waals surface area (Å²) in [6.45, 7) is 2.62. The van der Waals surface area contributed by atoms with Gasteiger partial charge in [-0.15, -0.1) is 11.8 Å². The van der Waals surface area contributed by atoms with E-state index in [-0.39, 0.29) is 18.0 Å². The first kappa shape index (κ1) is 17.8. The average molecular weight is 357 g/mol. The van der Waals surface area contributed by atoms with Crippen LogP contribution in [0.4, 0.5) is 5.69 Å². The second-order valence-corrected chi connectivity index (χ2v) is 6.73. The number of carbonyl (C=O) groups excluding carboxylic acids is 1. The number of hydrogen-bond donors (Lipinski definition) is 3. The maximum Gasteiger partial charge on any atom is 0.242 e. The summed E-state index contributed by atoms with van der Waals surface area (Å²) in [5, 5.41) is 2.96. The fourth-order valence-electron chi connectivity index (χ4n) is 2.81. The van der Waals surface area contributed by atoms with Gasteiger partial charge in [0, 0.05) is 16.6 Å². The van der Waals surface area contributed by atoms with E-state index in [0.717, 1.165) is 17.0 Å². The molecular weight excluding hydrogens is 334 g/mol. The molecule has 1 saturated heterocycles. The van der Waals surface area contributed by atoms with Crippen molar-refractivity contribution in [3.05, 3.63) is 54.1 Å². The van der Waals surface area contributed by atoms with E-state index in [4.69, 9.17) is 4.74 Å². The van der Waals surface area contributed by atoms with Crippen LogP contribution in [0.1, 0.15) is 24.9 Å². The molecule has 6 heteroatoms. The molecule has 0 spiro atoms. The van der Waals surface area contributed by atoms with Crippen molar-refractivity contribution >= 4 is 23.4 Å². The van der Waals surface area contributed by atoms with Gasteiger partial charge in [0.05, 0.1) is 6.61 Å². The van der Waals surface area contributed by atoms with Gasteiger partial charge in [0.25, 0.3) is 0 Å². The van der Waals surface area contributed by atoms with Crippen molar-refractivity contribution in [3.63, 3.8) is 0 Å². The Morgan fingerprint density at radius 2 is 1.88 bits per heavy atom. The Morgan fingerprint density at radius 3 is 2.52 bits per heavy atom. The van der Waals surface area contributed by atoms with E-state index in [2.05, 4.69) is 16.2 Å². The molecule has 1 amide bonds. The average Bonchev–Trinajstić information content (AvgIpc) is 3.13. The van der Waals surface area contributed by atoms with Crippen molar-refractivity contribution in [1.29, 1.82) is 0 Å². The molecular formula is C19H23N3O2S. The van der Waals surface area contributed by atoms with Gasteiger partial charge in [0.2, 0.25) is 5.91 Å². The van der Waals surface area contributed by atoms with Crippen LogP contribution in [0.2, 0.25) is 0 Å². The number of thioether (sulfide) groups is 1. The Balaban J connectivity index is 1.56. The van der Waals surface area contributed by atoms with Crippen LogP contribution in [0.15, 0.2) is 53.4 Å². The van der Waals surface area contributed by atoms with Crippen molar-refractivity contribution in [2.45, 2.75) is 30.3 Å². The van der Waals surface area contributed by atoms with Gasteiger partial charge in [-0.1, -0.05) is 12.1 Å². The van der Waals surface area contributed by atoms with Crippen LogP contribution < -0.4 is 20.9 Å². The zero-order chi connectivity index (χ0) is 17.6. The summed E-state index contributed by atoms with van der Waals surface area (Å²) in [7, 11) is 0. The third-order valence-corrected chi connectivity index (χ3v) is 4.91. The SMILES string of the molecule is CCOc1ccc(C2CC(C(=O)Nc3ccc(SC)cc3)NN2)cc1. The highest BCUT2D eigenvalue weighted by Gasteiger charge is 2.30. The number of amides is 1. The highest BCUT2D eigenvalue weighted by Crippen LogP contribution is 2.25. The Kier molecular flexibility index (Phi) is 5.96. The molecule has 1 aliphatic heterocycles. The third-order valence-electron chi connectivity index (χ3n) is 4.17. The van der Waals surface area contributed by atoms with E-state index < -0.39 is 0 Å². The minimum atomic E-state index is -0.267. The molecule has 2 aromatic carbocycles. The smallest absolute Gasteiger partial charge is 0.242 e. The van der Waals surface area contributed by atoms with Gasteiger partial charge in [-0.3, -0.25) is 4.79 Å². The molecule has 1 aliphatic rings. The molecule has 1 fully saturated rings. The highest BCUT2D eigenvalue weighted by atomic mass is 32.2. The predicted octanol–water partition coefficient (Wildman–Crippen LogP) is 3.35. The number of anilines is 1. The summed E-state index contributed by atoms with van der Waals surface area (Å²) in [5.41, 5.74) is 8.24. The van der Waals surface area contributed by atoms with Crippen molar-refractivity contribution in [2.75, 3.05) is 18.2 Å². The van der Waals surface area contributed by atoms with E-state index in [1.54, 1.807) is 11.8 Å². The van der Waals surface area contributed by atoms with Crippen LogP contribution in [0.25, 0.3) is 0 Å². The molecule has 3 rings (SSSR count). The van der Waals surface area contributed by atoms with E-state index >= 15 is 0 Å². The molecule has 2 unspecified atom stereocenters. The number of nitrogens with one attached hydrogen (secondary N) is 3. The fraction of sp³-hybridized carbons (Fsp3) is 0.316. The first-order chi connectivity index (χ1) is 12.2. The van der Waals surface area contributed by atoms with Gasteiger partial charge in [0.1, 0.15) is 11.8 Å². The van der Waals surface area contributed by atoms with Crippen molar-refractivity contribution in [3.8, 4) is 5.75 Å². The number of ether oxygens (including phenoxy) is 1. The molecule has 0 radical (unpaired) electrons. The normalized spacial score (nSPS) is 19.6. The maximum atomic E-state index is 12.4. The Labute approximate surface area is 152 Å². The van der Waals surface area contributed by atoms with Crippen LogP contribution in [0, 0.1) is 0 Å². The summed E-state index contributed by atoms with van der Waals surface area (Å²) in [6, 6.07) is 15.7. The van der Waals surface area contributed by atoms with Crippen LogP contribution in [0.5, 0.6) is 5.75 Å². The third kappa shape index (κ3) is 4.54. The molecule has 0 aromatic heterocycles. The molecule has 0 bridgehead atoms. The van der Waals surface area contributed by atoms with Crippen LogP contribution >= 0.6 is 11.8 Å². The summed E-state index contributed by atoms with van der Waals surface area (Å²) in [4.78, 5) is 13.6. The lowest BCUT2D eigenvalue weighted by Crippen LogP contribution is -2.39. The lowest BCUT2D eigenvalue weighted by molar-refractivity contribution is -0.117. The van der Waals surface area contributed by atoms with Gasteiger partial charge >= 0.3 is 0 Å². The number of benzene rings is 2. The summed E-state index contributed by atoms with van der Waals surface area (Å²) in [6.07, 6.45) is 2.73. The van der Waals surface area contributed by atoms with E-state index in [1.807, 2.05) is 61.7 Å². The van der Waals surface area contributed by atoms with E-state index in [9.17, 15) is 4.79 Å². The highest BCUT2D eigenvalue weighted by molar-refractivity contribution is 7.98. The van der Waals surface area contributed by atoms with E-state index in [1.165, 1.54) is 4.90 Å². The lowest BCUT2D eigenvalue weighted by atomic mass is 10.0. The first-order valence-corrected chi connectivity index (χ1v) is 9.61. The number of hydrogen-bond acceptors (Lipinski definition) is 5. The standard InChI is InChI=1S/C19H23N3O2S/c1-3-24-15-8-4-13(5-9-15)17-12-18(22-21-17)19(23)20-14-6-10-16(25-2)11-7-14/h4-11,17-18,21-22H,3,12H2,1-2H3,(H,20,23). The van der Waals surface area contributed by atoms with Gasteiger partial charge in [-0.05, 0) is 61.6 Å². The summed E-state index contributed by atoms with van der Waals surface area (Å²) in [5.74, 6) is 0.832. The van der Waals surface area contributed by atoms with Crippen LogP contribution in [-0.2, 0) is 4.79 Å². The molecule has 2 aromatic rings. The molecule has 3 N–H and O–H groups in total. The number of carbonyl (C=O) groups is 1. The molecule has 0 saturated carbocycles. The minimum Gasteiger partial charge on any atom is -0.494 e. The Hall–Kier alpha value is -2.02. The maximum absolute atomic E-state index is 12.4. The van der Waals surface area contributed by atoms with Crippen molar-refractivity contribution < 1.29 is 9.53 Å². The first-order valence-electron chi connectivity index (χ1n) is 8.38. The Morgan fingerprint density at radius 1 is 1.16 bits per heavy atom. The zero-order valence-electron chi connectivity index (χ0n) is 14.4. The topological polar surface area (TPSA) is 62.4 Å². The van der Waals surface area contributed by atoms with Gasteiger partial charge in [0.15, 0.2) is 0 Å². The second-order valence-electron chi connectivity index (χ2n) is 5.85. The predicted molar refractivity (Wildman–Crippen MR) is 102 cm³/mol. The largest absolute Gasteiger partial charge is 0.494 e. The van der Waals surface area contributed by atoms with Crippen LogP contribution in [-0.4, -0.2) is 24.8 Å². The summed E-state index contributed by atoms with van der Waals surface area (Å²) < 4.78 is 5.46. The Bertz CT molecular complexity index is 704. The quantitative estimate of drug-likeness (QED) is 0.692. The van der Waals surface area contributed by atoms with Gasteiger partial charge < -0.3 is 10.1 Å². The molecule has 25 heavy (non-hydrogen) atoms. The molecule has 0 aliphatic carbocycles. The van der Waals surface area contributed by atoms with E-state index in [0.29, 0.717) is 13.0 Å². The number of rotatable bonds is 6. The van der Waals surface area contributed by atoms with Gasteiger partial charge in [-0.25, -0.2) is 10.9 Å². The monoisotopic (exact) mass is 357 g/mol. The fourth-order valence-corrected chi connectivity index (χ4v) is 3.22. The molecule has 1 heterocycles.